The molecular weight excluding hydrogens is 168 g/mol. The van der Waals surface area contributed by atoms with Crippen molar-refractivity contribution in [3.8, 4) is 11.8 Å². The smallest absolute Gasteiger partial charge is 0.0203 e. The Balaban J connectivity index is 2.11. The van der Waals surface area contributed by atoms with Crippen LogP contribution in [0.15, 0.2) is 0 Å². The van der Waals surface area contributed by atoms with Crippen LogP contribution in [-0.2, 0) is 0 Å². The molecular formula is C14H24. The average molecular weight is 192 g/mol. The van der Waals surface area contributed by atoms with Crippen LogP contribution in [0.5, 0.6) is 0 Å². The molecule has 14 heavy (non-hydrogen) atoms. The van der Waals surface area contributed by atoms with Gasteiger partial charge in [-0.15, -0.1) is 11.8 Å². The monoisotopic (exact) mass is 192 g/mol. The molecule has 1 fully saturated rings. The zero-order chi connectivity index (χ0) is 10.2. The van der Waals surface area contributed by atoms with E-state index < -0.39 is 0 Å². The zero-order valence-electron chi connectivity index (χ0n) is 9.81. The van der Waals surface area contributed by atoms with E-state index >= 15 is 0 Å². The lowest BCUT2D eigenvalue weighted by Crippen LogP contribution is -2.13. The Morgan fingerprint density at radius 1 is 1.07 bits per heavy atom. The van der Waals surface area contributed by atoms with E-state index in [1.807, 2.05) is 6.92 Å². The summed E-state index contributed by atoms with van der Waals surface area (Å²) in [5.41, 5.74) is 0. The van der Waals surface area contributed by atoms with E-state index in [1.165, 1.54) is 51.4 Å². The molecule has 0 aliphatic heterocycles. The fourth-order valence-corrected chi connectivity index (χ4v) is 2.48. The van der Waals surface area contributed by atoms with E-state index in [2.05, 4.69) is 18.8 Å². The highest BCUT2D eigenvalue weighted by Crippen LogP contribution is 2.31. The third-order valence-corrected chi connectivity index (χ3v) is 3.41. The third kappa shape index (κ3) is 4.18. The SMILES string of the molecule is CC#CC1CCC(CCCCC)CC1. The molecule has 1 aliphatic rings. The maximum Gasteiger partial charge on any atom is 0.0203 e. The highest BCUT2D eigenvalue weighted by Gasteiger charge is 2.18. The fourth-order valence-electron chi connectivity index (χ4n) is 2.48. The Morgan fingerprint density at radius 3 is 2.36 bits per heavy atom. The van der Waals surface area contributed by atoms with Crippen molar-refractivity contribution < 1.29 is 0 Å². The van der Waals surface area contributed by atoms with Gasteiger partial charge in [0.05, 0.1) is 0 Å². The first-order valence-corrected chi connectivity index (χ1v) is 6.29. The molecule has 0 spiro atoms. The standard InChI is InChI=1S/C14H24/c1-3-5-6-8-14-11-9-13(7-4-2)10-12-14/h13-14H,3,5-6,8-12H2,1-2H3. The van der Waals surface area contributed by atoms with Gasteiger partial charge in [0.1, 0.15) is 0 Å². The Bertz CT molecular complexity index is 186. The number of hydrogen-bond acceptors (Lipinski definition) is 0. The van der Waals surface area contributed by atoms with E-state index in [0.717, 1.165) is 11.8 Å². The third-order valence-electron chi connectivity index (χ3n) is 3.41. The molecule has 0 saturated heterocycles. The summed E-state index contributed by atoms with van der Waals surface area (Å²) >= 11 is 0. The topological polar surface area (TPSA) is 0 Å². The van der Waals surface area contributed by atoms with Crippen LogP contribution in [0.2, 0.25) is 0 Å². The summed E-state index contributed by atoms with van der Waals surface area (Å²) in [7, 11) is 0. The molecule has 0 atom stereocenters. The van der Waals surface area contributed by atoms with Gasteiger partial charge in [-0.05, 0) is 38.5 Å². The van der Waals surface area contributed by atoms with Crippen molar-refractivity contribution in [2.24, 2.45) is 11.8 Å². The molecule has 1 saturated carbocycles. The van der Waals surface area contributed by atoms with Crippen LogP contribution in [0, 0.1) is 23.7 Å². The van der Waals surface area contributed by atoms with Gasteiger partial charge in [-0.25, -0.2) is 0 Å². The van der Waals surface area contributed by atoms with E-state index in [-0.39, 0.29) is 0 Å². The predicted octanol–water partition coefficient (Wildman–Crippen LogP) is 4.40. The molecule has 80 valence electrons. The lowest BCUT2D eigenvalue weighted by Gasteiger charge is -2.25. The first-order chi connectivity index (χ1) is 6.86. The van der Waals surface area contributed by atoms with Gasteiger partial charge in [0.15, 0.2) is 0 Å². The van der Waals surface area contributed by atoms with E-state index in [0.29, 0.717) is 0 Å². The quantitative estimate of drug-likeness (QED) is 0.457. The van der Waals surface area contributed by atoms with Gasteiger partial charge in [0.2, 0.25) is 0 Å². The lowest BCUT2D eigenvalue weighted by molar-refractivity contribution is 0.294. The summed E-state index contributed by atoms with van der Waals surface area (Å²) in [6.07, 6.45) is 11.3. The largest absolute Gasteiger partial charge is 0.106 e. The van der Waals surface area contributed by atoms with E-state index in [1.54, 1.807) is 0 Å². The summed E-state index contributed by atoms with van der Waals surface area (Å²) < 4.78 is 0. The van der Waals surface area contributed by atoms with Crippen molar-refractivity contribution in [3.05, 3.63) is 0 Å². The fraction of sp³-hybridized carbons (Fsp3) is 0.857. The maximum absolute atomic E-state index is 3.32. The first-order valence-electron chi connectivity index (χ1n) is 6.29. The van der Waals surface area contributed by atoms with E-state index in [4.69, 9.17) is 0 Å². The van der Waals surface area contributed by atoms with Gasteiger partial charge in [-0.2, -0.15) is 0 Å². The van der Waals surface area contributed by atoms with Gasteiger partial charge in [0, 0.05) is 5.92 Å². The minimum atomic E-state index is 0.724. The van der Waals surface area contributed by atoms with E-state index in [9.17, 15) is 0 Å². The normalized spacial score (nSPS) is 26.7. The summed E-state index contributed by atoms with van der Waals surface area (Å²) in [6.45, 7) is 4.25. The zero-order valence-corrected chi connectivity index (χ0v) is 9.81. The van der Waals surface area contributed by atoms with Crippen molar-refractivity contribution in [1.29, 1.82) is 0 Å². The molecule has 0 nitrogen and oxygen atoms in total. The van der Waals surface area contributed by atoms with Gasteiger partial charge in [-0.1, -0.05) is 32.6 Å². The van der Waals surface area contributed by atoms with Crippen LogP contribution in [0.1, 0.15) is 65.2 Å². The summed E-state index contributed by atoms with van der Waals surface area (Å²) in [5.74, 6) is 8.13. The van der Waals surface area contributed by atoms with Crippen molar-refractivity contribution in [2.45, 2.75) is 65.2 Å². The second kappa shape index (κ2) is 6.93. The molecule has 0 aromatic rings. The van der Waals surface area contributed by atoms with Crippen LogP contribution in [-0.4, -0.2) is 0 Å². The Morgan fingerprint density at radius 2 is 1.79 bits per heavy atom. The van der Waals surface area contributed by atoms with Gasteiger partial charge >= 0.3 is 0 Å². The Kier molecular flexibility index (Phi) is 5.76. The van der Waals surface area contributed by atoms with Crippen LogP contribution in [0.25, 0.3) is 0 Å². The average Bonchev–Trinajstić information content (AvgIpc) is 2.21. The molecule has 0 N–H and O–H groups in total. The minimum absolute atomic E-state index is 0.724. The predicted molar refractivity (Wildman–Crippen MR) is 63.0 cm³/mol. The van der Waals surface area contributed by atoms with Crippen molar-refractivity contribution in [1.82, 2.24) is 0 Å². The second-order valence-electron chi connectivity index (χ2n) is 4.61. The molecule has 0 unspecified atom stereocenters. The molecule has 0 amide bonds. The lowest BCUT2D eigenvalue weighted by atomic mass is 9.80. The van der Waals surface area contributed by atoms with Crippen LogP contribution in [0.3, 0.4) is 0 Å². The molecule has 1 aliphatic carbocycles. The molecule has 1 rings (SSSR count). The summed E-state index contributed by atoms with van der Waals surface area (Å²) in [4.78, 5) is 0. The Labute approximate surface area is 89.5 Å². The Hall–Kier alpha value is -0.440. The minimum Gasteiger partial charge on any atom is -0.106 e. The second-order valence-corrected chi connectivity index (χ2v) is 4.61. The molecule has 0 radical (unpaired) electrons. The maximum atomic E-state index is 3.32. The number of unbranched alkanes of at least 4 members (excludes halogenated alkanes) is 2. The van der Waals surface area contributed by atoms with Gasteiger partial charge in [-0.3, -0.25) is 0 Å². The van der Waals surface area contributed by atoms with Gasteiger partial charge in [0.25, 0.3) is 0 Å². The molecule has 0 heteroatoms. The first kappa shape index (κ1) is 11.6. The van der Waals surface area contributed by atoms with Crippen LogP contribution in [0.4, 0.5) is 0 Å². The highest BCUT2D eigenvalue weighted by atomic mass is 14.2. The summed E-state index contributed by atoms with van der Waals surface area (Å²) in [6, 6.07) is 0. The number of rotatable bonds is 4. The van der Waals surface area contributed by atoms with Gasteiger partial charge < -0.3 is 0 Å². The van der Waals surface area contributed by atoms with Crippen molar-refractivity contribution >= 4 is 0 Å². The molecule has 0 aromatic heterocycles. The van der Waals surface area contributed by atoms with Crippen LogP contribution < -0.4 is 0 Å². The highest BCUT2D eigenvalue weighted by molar-refractivity contribution is 5.02. The molecule has 0 aromatic carbocycles. The summed E-state index contributed by atoms with van der Waals surface area (Å²) in [5, 5.41) is 0. The van der Waals surface area contributed by atoms with Crippen molar-refractivity contribution in [3.63, 3.8) is 0 Å². The van der Waals surface area contributed by atoms with Crippen LogP contribution >= 0.6 is 0 Å². The molecule has 0 heterocycles. The van der Waals surface area contributed by atoms with Crippen molar-refractivity contribution in [2.75, 3.05) is 0 Å². The molecule has 0 bridgehead atoms. The number of hydrogen-bond donors (Lipinski definition) is 0.